The van der Waals surface area contributed by atoms with Crippen LogP contribution in [0.4, 0.5) is 0 Å². The first-order valence-electron chi connectivity index (χ1n) is 5.69. The second kappa shape index (κ2) is 35.6. The van der Waals surface area contributed by atoms with E-state index in [1.807, 2.05) is 0 Å². The number of hydrogen-bond donors (Lipinski definition) is 2. The largest absolute Gasteiger partial charge is 2.00 e. The third-order valence-corrected chi connectivity index (χ3v) is 5.51. The van der Waals surface area contributed by atoms with E-state index >= 15 is 0 Å². The van der Waals surface area contributed by atoms with Crippen LogP contribution in [-0.4, -0.2) is 111 Å². The predicted octanol–water partition coefficient (Wildman–Crippen LogP) is -11.9. The van der Waals surface area contributed by atoms with Gasteiger partial charge in [0.15, 0.2) is 0 Å². The molecule has 0 aliphatic heterocycles. The molecule has 1 radical (unpaired) electrons. The van der Waals surface area contributed by atoms with Crippen LogP contribution in [0.1, 0.15) is 12.8 Å². The van der Waals surface area contributed by atoms with Crippen molar-refractivity contribution < 1.29 is 165 Å². The maximum absolute atomic E-state index is 10.3. The topological polar surface area (TPSA) is 427 Å². The fraction of sp³-hybridized carbons (Fsp3) is 1.00. The van der Waals surface area contributed by atoms with Crippen molar-refractivity contribution in [1.82, 2.24) is 0 Å². The summed E-state index contributed by atoms with van der Waals surface area (Å²) in [4.78, 5) is 0. The van der Waals surface area contributed by atoms with Crippen LogP contribution in [0.2, 0.25) is 0 Å². The summed E-state index contributed by atoms with van der Waals surface area (Å²) in [5.41, 5.74) is 0. The fourth-order valence-corrected chi connectivity index (χ4v) is 4.26. The maximum Gasteiger partial charge on any atom is 2.00 e. The van der Waals surface area contributed by atoms with E-state index in [2.05, 4.69) is 0 Å². The van der Waals surface area contributed by atoms with E-state index in [-0.39, 0.29) is 115 Å². The molecule has 0 aromatic heterocycles. The van der Waals surface area contributed by atoms with E-state index in [9.17, 15) is 21.4 Å². The molecule has 0 rings (SSSR count). The van der Waals surface area contributed by atoms with Gasteiger partial charge in [0.2, 0.25) is 10.4 Å². The molecule has 0 aliphatic rings. The standard InChI is InChI=1S/C6H14O6S4.Cu.2Na.2H2O4S.5H2O/c7-15(8,9)5-1-3-13-14-4-2-6-16(10,11)12;;;;2*1-5(2,3)4;;;;;/h1-6H2,(H,7,8,9)(H,10,11,12);;;;2*(H2,1,2,3,4);5*1H2/q;+2;2*+1;;;;;;;/p-4. The summed E-state index contributed by atoms with van der Waals surface area (Å²) < 4.78 is 127. The van der Waals surface area contributed by atoms with E-state index in [1.54, 1.807) is 0 Å². The van der Waals surface area contributed by atoms with Crippen molar-refractivity contribution in [2.24, 2.45) is 0 Å². The quantitative estimate of drug-likeness (QED) is 0.0740. The van der Waals surface area contributed by atoms with Gasteiger partial charge in [-0.3, -0.25) is 17.5 Å². The third-order valence-electron chi connectivity index (χ3n) is 1.34. The number of hydrogen-bond acceptors (Lipinski definition) is 14. The summed E-state index contributed by atoms with van der Waals surface area (Å²) in [5, 5.41) is 0. The average Bonchev–Trinajstić information content (AvgIpc) is 2.25. The monoisotopic (exact) mass is 701 g/mol. The minimum atomic E-state index is -5.17. The Kier molecular flexibility index (Phi) is 74.1. The van der Waals surface area contributed by atoms with Gasteiger partial charge in [-0.15, -0.1) is 0 Å². The van der Waals surface area contributed by atoms with E-state index < -0.39 is 41.0 Å². The Morgan fingerprint density at radius 1 is 0.588 bits per heavy atom. The van der Waals surface area contributed by atoms with Gasteiger partial charge in [0.1, 0.15) is 0 Å². The summed E-state index contributed by atoms with van der Waals surface area (Å²) >= 11 is 0. The zero-order valence-electron chi connectivity index (χ0n) is 17.3. The summed E-state index contributed by atoms with van der Waals surface area (Å²) in [7, 11) is -15.3. The SMILES string of the molecule is O.O.O.O.O.O=S(=O)([O-])CCCSSCCCS(=O)(=O)O.O=S(=O)([O-])O.O=S(=O)([O-])[O-].[Cu+2].[Na+].[Na+]. The molecule has 12 N–H and O–H groups in total. The molecule has 0 aliphatic carbocycles. The van der Waals surface area contributed by atoms with Gasteiger partial charge in [-0.2, -0.15) is 8.42 Å². The van der Waals surface area contributed by atoms with Crippen LogP contribution >= 0.6 is 21.6 Å². The molecule has 0 heterocycles. The third kappa shape index (κ3) is 161. The van der Waals surface area contributed by atoms with Gasteiger partial charge in [-0.05, 0) is 12.8 Å². The van der Waals surface area contributed by atoms with Crippen molar-refractivity contribution in [3.8, 4) is 0 Å². The molecular formula is C6H24CuNa2O19S6. The van der Waals surface area contributed by atoms with Crippen LogP contribution in [0.25, 0.3) is 0 Å². The Balaban J connectivity index is -0.0000000283. The first-order chi connectivity index (χ1) is 11.2. The van der Waals surface area contributed by atoms with Crippen LogP contribution in [-0.2, 0) is 58.1 Å². The molecule has 0 aromatic carbocycles. The Bertz CT molecular complexity index is 699. The van der Waals surface area contributed by atoms with Crippen LogP contribution < -0.4 is 59.1 Å². The molecule has 34 heavy (non-hydrogen) atoms. The molecule has 19 nitrogen and oxygen atoms in total. The summed E-state index contributed by atoms with van der Waals surface area (Å²) in [6.45, 7) is 0. The molecule has 28 heteroatoms. The molecule has 0 unspecified atom stereocenters. The van der Waals surface area contributed by atoms with Crippen LogP contribution in [0.5, 0.6) is 0 Å². The first kappa shape index (κ1) is 70.8. The Morgan fingerprint density at radius 3 is 0.971 bits per heavy atom. The van der Waals surface area contributed by atoms with E-state index in [0.29, 0.717) is 24.3 Å². The van der Waals surface area contributed by atoms with Gasteiger partial charge >= 0.3 is 76.2 Å². The summed E-state index contributed by atoms with van der Waals surface area (Å²) in [6.07, 6.45) is 0.637. The molecule has 0 amide bonds. The second-order valence-electron chi connectivity index (χ2n) is 3.73. The molecular weight excluding hydrogens is 678 g/mol. The van der Waals surface area contributed by atoms with Crippen molar-refractivity contribution >= 4 is 62.6 Å². The minimum Gasteiger partial charge on any atom is -0.759 e. The zero-order chi connectivity index (χ0) is 21.7. The molecule has 0 aromatic rings. The predicted molar refractivity (Wildman–Crippen MR) is 106 cm³/mol. The molecule has 0 saturated carbocycles. The van der Waals surface area contributed by atoms with E-state index in [4.69, 9.17) is 39.6 Å². The van der Waals surface area contributed by atoms with Gasteiger partial charge in [0, 0.05) is 27.7 Å². The molecule has 0 atom stereocenters. The molecule has 0 fully saturated rings. The van der Waals surface area contributed by atoms with Gasteiger partial charge < -0.3 is 45.6 Å². The van der Waals surface area contributed by atoms with Crippen molar-refractivity contribution in [2.45, 2.75) is 12.8 Å². The molecule has 211 valence electrons. The molecule has 0 saturated heterocycles. The van der Waals surface area contributed by atoms with Crippen LogP contribution in [0, 0.1) is 0 Å². The van der Waals surface area contributed by atoms with Gasteiger partial charge in [0.25, 0.3) is 10.1 Å². The van der Waals surface area contributed by atoms with Gasteiger partial charge in [-0.25, -0.2) is 16.8 Å². The normalized spacial score (nSPS) is 9.47. The van der Waals surface area contributed by atoms with Crippen molar-refractivity contribution in [1.29, 1.82) is 0 Å². The van der Waals surface area contributed by atoms with Crippen LogP contribution in [0.3, 0.4) is 0 Å². The summed E-state index contributed by atoms with van der Waals surface area (Å²) in [5.74, 6) is 0.438. The minimum absolute atomic E-state index is 0. The second-order valence-corrected chi connectivity index (χ2v) is 11.2. The maximum atomic E-state index is 10.3. The van der Waals surface area contributed by atoms with E-state index in [0.717, 1.165) is 0 Å². The van der Waals surface area contributed by atoms with Gasteiger partial charge in [0.05, 0.1) is 15.9 Å². The molecule has 0 spiro atoms. The Morgan fingerprint density at radius 2 is 0.794 bits per heavy atom. The number of rotatable bonds is 9. The first-order valence-corrected chi connectivity index (χ1v) is 14.1. The van der Waals surface area contributed by atoms with E-state index in [1.165, 1.54) is 21.6 Å². The van der Waals surface area contributed by atoms with Crippen LogP contribution in [0.15, 0.2) is 0 Å². The zero-order valence-corrected chi connectivity index (χ0v) is 27.1. The average molecular weight is 702 g/mol. The Hall–Kier alpha value is 2.58. The Labute approximate surface area is 260 Å². The van der Waals surface area contributed by atoms with Crippen molar-refractivity contribution in [3.63, 3.8) is 0 Å². The summed E-state index contributed by atoms with van der Waals surface area (Å²) in [6, 6.07) is 0. The van der Waals surface area contributed by atoms with Gasteiger partial charge in [-0.1, -0.05) is 21.6 Å². The fourth-order valence-electron chi connectivity index (χ4n) is 0.713. The van der Waals surface area contributed by atoms with Crippen molar-refractivity contribution in [2.75, 3.05) is 23.0 Å². The molecule has 0 bridgehead atoms. The van der Waals surface area contributed by atoms with Crippen molar-refractivity contribution in [3.05, 3.63) is 0 Å². The smallest absolute Gasteiger partial charge is 0.759 e.